The van der Waals surface area contributed by atoms with Crippen molar-refractivity contribution in [1.82, 2.24) is 15.0 Å². The number of ether oxygens (including phenoxy) is 2. The van der Waals surface area contributed by atoms with E-state index in [1.54, 1.807) is 31.3 Å². The molecule has 2 aromatic carbocycles. The first-order valence-corrected chi connectivity index (χ1v) is 9.50. The second-order valence-electron chi connectivity index (χ2n) is 7.05. The molecule has 8 heteroatoms. The number of methoxy groups -OCH3 is 2. The molecule has 0 atom stereocenters. The lowest BCUT2D eigenvalue weighted by atomic mass is 9.99. The number of hydrogen-bond acceptors (Lipinski definition) is 7. The standard InChI is InChI=1S/C22H19N3O5/c1-27-16-8-4-3-7-15(16)20-23-21(30-24-20)14-11-25(12-14)22(26)18-10-13-6-5-9-17(28-2)19(13)29-18/h3-10,14H,11-12H2,1-2H3. The van der Waals surface area contributed by atoms with Crippen molar-refractivity contribution in [1.29, 1.82) is 0 Å². The van der Waals surface area contributed by atoms with Gasteiger partial charge in [0.1, 0.15) is 5.75 Å². The zero-order chi connectivity index (χ0) is 20.7. The lowest BCUT2D eigenvalue weighted by Gasteiger charge is -2.36. The lowest BCUT2D eigenvalue weighted by molar-refractivity contribution is 0.0539. The Kier molecular flexibility index (Phi) is 4.39. The molecule has 0 unspecified atom stereocenters. The summed E-state index contributed by atoms with van der Waals surface area (Å²) < 4.78 is 21.8. The van der Waals surface area contributed by atoms with Crippen molar-refractivity contribution in [2.45, 2.75) is 5.92 Å². The van der Waals surface area contributed by atoms with Crippen molar-refractivity contribution in [3.8, 4) is 22.9 Å². The van der Waals surface area contributed by atoms with Gasteiger partial charge < -0.3 is 23.3 Å². The zero-order valence-electron chi connectivity index (χ0n) is 16.5. The molecule has 0 N–H and O–H groups in total. The van der Waals surface area contributed by atoms with Crippen LogP contribution in [0.2, 0.25) is 0 Å². The third-order valence-corrected chi connectivity index (χ3v) is 5.25. The summed E-state index contributed by atoms with van der Waals surface area (Å²) in [5, 5.41) is 4.90. The predicted molar refractivity (Wildman–Crippen MR) is 108 cm³/mol. The number of hydrogen-bond donors (Lipinski definition) is 0. The van der Waals surface area contributed by atoms with E-state index in [9.17, 15) is 4.79 Å². The number of amides is 1. The molecule has 5 rings (SSSR count). The minimum Gasteiger partial charge on any atom is -0.496 e. The van der Waals surface area contributed by atoms with Crippen molar-refractivity contribution in [2.75, 3.05) is 27.3 Å². The van der Waals surface area contributed by atoms with E-state index >= 15 is 0 Å². The van der Waals surface area contributed by atoms with E-state index in [2.05, 4.69) is 10.1 Å². The fourth-order valence-electron chi connectivity index (χ4n) is 3.60. The monoisotopic (exact) mass is 405 g/mol. The highest BCUT2D eigenvalue weighted by Gasteiger charge is 2.37. The molecule has 3 heterocycles. The number of para-hydroxylation sites is 2. The molecule has 1 aliphatic rings. The number of carbonyl (C=O) groups is 1. The van der Waals surface area contributed by atoms with Crippen molar-refractivity contribution in [3.63, 3.8) is 0 Å². The molecule has 8 nitrogen and oxygen atoms in total. The Morgan fingerprint density at radius 2 is 1.83 bits per heavy atom. The van der Waals surface area contributed by atoms with Crippen LogP contribution in [0.1, 0.15) is 22.4 Å². The van der Waals surface area contributed by atoms with Crippen LogP contribution in [0.3, 0.4) is 0 Å². The summed E-state index contributed by atoms with van der Waals surface area (Å²) in [6.07, 6.45) is 0. The number of aromatic nitrogens is 2. The third-order valence-electron chi connectivity index (χ3n) is 5.25. The molecule has 0 aliphatic carbocycles. The van der Waals surface area contributed by atoms with Gasteiger partial charge in [-0.25, -0.2) is 0 Å². The third kappa shape index (κ3) is 2.97. The smallest absolute Gasteiger partial charge is 0.289 e. The second-order valence-corrected chi connectivity index (χ2v) is 7.05. The van der Waals surface area contributed by atoms with E-state index in [1.807, 2.05) is 36.4 Å². The fraction of sp³-hybridized carbons (Fsp3) is 0.227. The molecule has 1 amide bonds. The molecule has 0 spiro atoms. The number of carbonyl (C=O) groups excluding carboxylic acids is 1. The first-order valence-electron chi connectivity index (χ1n) is 9.50. The summed E-state index contributed by atoms with van der Waals surface area (Å²) in [6, 6.07) is 14.8. The van der Waals surface area contributed by atoms with E-state index in [1.165, 1.54) is 0 Å². The highest BCUT2D eigenvalue weighted by atomic mass is 16.5. The van der Waals surface area contributed by atoms with Crippen LogP contribution in [-0.4, -0.2) is 48.3 Å². The van der Waals surface area contributed by atoms with Gasteiger partial charge in [0.25, 0.3) is 5.91 Å². The molecular formula is C22H19N3O5. The Hall–Kier alpha value is -3.81. The van der Waals surface area contributed by atoms with Gasteiger partial charge in [-0.15, -0.1) is 0 Å². The first-order chi connectivity index (χ1) is 14.7. The summed E-state index contributed by atoms with van der Waals surface area (Å²) in [4.78, 5) is 19.0. The normalized spacial score (nSPS) is 14.0. The van der Waals surface area contributed by atoms with Gasteiger partial charge in [0.15, 0.2) is 17.1 Å². The number of likely N-dealkylation sites (tertiary alicyclic amines) is 1. The van der Waals surface area contributed by atoms with E-state index < -0.39 is 0 Å². The van der Waals surface area contributed by atoms with Crippen molar-refractivity contribution < 1.29 is 23.2 Å². The highest BCUT2D eigenvalue weighted by Crippen LogP contribution is 2.33. The number of nitrogens with zero attached hydrogens (tertiary/aromatic N) is 3. The molecule has 152 valence electrons. The van der Waals surface area contributed by atoms with E-state index in [4.69, 9.17) is 18.4 Å². The Labute approximate surface area is 172 Å². The summed E-state index contributed by atoms with van der Waals surface area (Å²) in [5.74, 6) is 2.35. The van der Waals surface area contributed by atoms with Crippen LogP contribution < -0.4 is 9.47 Å². The van der Waals surface area contributed by atoms with Crippen LogP contribution in [0, 0.1) is 0 Å². The molecule has 0 bridgehead atoms. The average molecular weight is 405 g/mol. The predicted octanol–water partition coefficient (Wildman–Crippen LogP) is 3.74. The van der Waals surface area contributed by atoms with E-state index in [-0.39, 0.29) is 17.6 Å². The van der Waals surface area contributed by atoms with Gasteiger partial charge in [0, 0.05) is 18.5 Å². The van der Waals surface area contributed by atoms with E-state index in [0.29, 0.717) is 41.9 Å². The van der Waals surface area contributed by atoms with Gasteiger partial charge in [0.05, 0.1) is 25.7 Å². The summed E-state index contributed by atoms with van der Waals surface area (Å²) in [6.45, 7) is 0.973. The van der Waals surface area contributed by atoms with Gasteiger partial charge in [-0.3, -0.25) is 4.79 Å². The first kappa shape index (κ1) is 18.2. The molecule has 1 aliphatic heterocycles. The lowest BCUT2D eigenvalue weighted by Crippen LogP contribution is -2.48. The van der Waals surface area contributed by atoms with Crippen LogP contribution in [0.4, 0.5) is 0 Å². The average Bonchev–Trinajstić information content (AvgIpc) is 3.39. The van der Waals surface area contributed by atoms with Gasteiger partial charge >= 0.3 is 0 Å². The Bertz CT molecular complexity index is 1220. The van der Waals surface area contributed by atoms with Crippen LogP contribution in [0.15, 0.2) is 57.5 Å². The van der Waals surface area contributed by atoms with Crippen LogP contribution in [0.5, 0.6) is 11.5 Å². The minimum atomic E-state index is -0.172. The molecular weight excluding hydrogens is 386 g/mol. The Morgan fingerprint density at radius 1 is 1.07 bits per heavy atom. The quantitative estimate of drug-likeness (QED) is 0.499. The maximum absolute atomic E-state index is 12.8. The molecule has 0 radical (unpaired) electrons. The van der Waals surface area contributed by atoms with Crippen molar-refractivity contribution in [2.24, 2.45) is 0 Å². The van der Waals surface area contributed by atoms with Gasteiger partial charge in [-0.05, 0) is 24.3 Å². The number of benzene rings is 2. The van der Waals surface area contributed by atoms with Gasteiger partial charge in [0.2, 0.25) is 11.7 Å². The summed E-state index contributed by atoms with van der Waals surface area (Å²) in [5.41, 5.74) is 1.33. The maximum atomic E-state index is 12.8. The molecule has 2 aromatic heterocycles. The topological polar surface area (TPSA) is 90.8 Å². The molecule has 4 aromatic rings. The highest BCUT2D eigenvalue weighted by molar-refractivity contribution is 5.97. The van der Waals surface area contributed by atoms with Crippen molar-refractivity contribution in [3.05, 3.63) is 60.2 Å². The molecule has 0 saturated carbocycles. The zero-order valence-corrected chi connectivity index (χ0v) is 16.5. The minimum absolute atomic E-state index is 0.0104. The summed E-state index contributed by atoms with van der Waals surface area (Å²) >= 11 is 0. The second kappa shape index (κ2) is 7.22. The fourth-order valence-corrected chi connectivity index (χ4v) is 3.60. The van der Waals surface area contributed by atoms with Crippen LogP contribution in [-0.2, 0) is 0 Å². The van der Waals surface area contributed by atoms with Gasteiger partial charge in [-0.2, -0.15) is 4.98 Å². The summed E-state index contributed by atoms with van der Waals surface area (Å²) in [7, 11) is 3.17. The Morgan fingerprint density at radius 3 is 2.63 bits per heavy atom. The van der Waals surface area contributed by atoms with E-state index in [0.717, 1.165) is 10.9 Å². The van der Waals surface area contributed by atoms with Crippen LogP contribution >= 0.6 is 0 Å². The maximum Gasteiger partial charge on any atom is 0.289 e. The molecule has 1 fully saturated rings. The van der Waals surface area contributed by atoms with Crippen LogP contribution in [0.25, 0.3) is 22.4 Å². The molecule has 30 heavy (non-hydrogen) atoms. The molecule has 1 saturated heterocycles. The SMILES string of the molecule is COc1ccccc1-c1noc(C2CN(C(=O)c3cc4cccc(OC)c4o3)C2)n1. The van der Waals surface area contributed by atoms with Gasteiger partial charge in [-0.1, -0.05) is 29.4 Å². The number of fused-ring (bicyclic) bond motifs is 1. The number of furan rings is 1. The largest absolute Gasteiger partial charge is 0.496 e. The van der Waals surface area contributed by atoms with Crippen molar-refractivity contribution >= 4 is 16.9 Å². The number of rotatable bonds is 5. The Balaban J connectivity index is 1.30.